The molecule has 0 aliphatic heterocycles. The lowest BCUT2D eigenvalue weighted by Crippen LogP contribution is -2.29. The Kier molecular flexibility index (Phi) is 9.67. The van der Waals surface area contributed by atoms with Crippen molar-refractivity contribution in [1.29, 1.82) is 5.26 Å². The van der Waals surface area contributed by atoms with E-state index in [1.54, 1.807) is 7.11 Å². The third-order valence-corrected chi connectivity index (χ3v) is 2.23. The summed E-state index contributed by atoms with van der Waals surface area (Å²) in [4.78, 5) is 13.0. The molecule has 0 aromatic carbocycles. The summed E-state index contributed by atoms with van der Waals surface area (Å²) in [5.41, 5.74) is 0. The van der Waals surface area contributed by atoms with Crippen molar-refractivity contribution < 1.29 is 14.3 Å². The molecule has 0 heterocycles. The molecule has 92 valence electrons. The second kappa shape index (κ2) is 10.4. The Morgan fingerprint density at radius 2 is 2.06 bits per heavy atom. The van der Waals surface area contributed by atoms with Gasteiger partial charge in [-0.25, -0.2) is 0 Å². The van der Waals surface area contributed by atoms with E-state index in [2.05, 4.69) is 15.7 Å². The van der Waals surface area contributed by atoms with Crippen LogP contribution in [-0.4, -0.2) is 51.3 Å². The minimum Gasteiger partial charge on any atom is -0.469 e. The molecule has 16 heavy (non-hydrogen) atoms. The van der Waals surface area contributed by atoms with Gasteiger partial charge in [0.05, 0.1) is 19.8 Å². The van der Waals surface area contributed by atoms with Crippen molar-refractivity contribution in [1.82, 2.24) is 4.90 Å². The fraction of sp³-hybridized carbons (Fsp3) is 0.818. The third-order valence-electron chi connectivity index (χ3n) is 2.23. The van der Waals surface area contributed by atoms with Gasteiger partial charge in [-0.3, -0.25) is 4.79 Å². The summed E-state index contributed by atoms with van der Waals surface area (Å²) in [6, 6.07) is 2.11. The molecule has 0 fully saturated rings. The minimum absolute atomic E-state index is 0.188. The van der Waals surface area contributed by atoms with Crippen molar-refractivity contribution >= 4 is 5.97 Å². The molecule has 0 rings (SSSR count). The molecule has 0 N–H and O–H groups in total. The van der Waals surface area contributed by atoms with Crippen molar-refractivity contribution in [2.24, 2.45) is 0 Å². The molecule has 5 nitrogen and oxygen atoms in total. The highest BCUT2D eigenvalue weighted by molar-refractivity contribution is 5.69. The lowest BCUT2D eigenvalue weighted by molar-refractivity contribution is -0.140. The molecule has 0 unspecified atom stereocenters. The number of methoxy groups -OCH3 is 2. The van der Waals surface area contributed by atoms with Crippen LogP contribution in [0.3, 0.4) is 0 Å². The Morgan fingerprint density at radius 1 is 1.31 bits per heavy atom. The quantitative estimate of drug-likeness (QED) is 0.546. The molecule has 0 bridgehead atoms. The van der Waals surface area contributed by atoms with Crippen LogP contribution in [0.25, 0.3) is 0 Å². The molecular weight excluding hydrogens is 208 g/mol. The number of hydrogen-bond acceptors (Lipinski definition) is 5. The van der Waals surface area contributed by atoms with Gasteiger partial charge >= 0.3 is 5.97 Å². The van der Waals surface area contributed by atoms with E-state index in [-0.39, 0.29) is 5.97 Å². The van der Waals surface area contributed by atoms with Gasteiger partial charge in [0.2, 0.25) is 0 Å². The predicted molar refractivity (Wildman–Crippen MR) is 59.8 cm³/mol. The smallest absolute Gasteiger partial charge is 0.305 e. The zero-order valence-corrected chi connectivity index (χ0v) is 10.1. The van der Waals surface area contributed by atoms with Crippen LogP contribution in [0.1, 0.15) is 19.3 Å². The third kappa shape index (κ3) is 8.21. The highest BCUT2D eigenvalue weighted by atomic mass is 16.5. The van der Waals surface area contributed by atoms with E-state index in [4.69, 9.17) is 10.00 Å². The van der Waals surface area contributed by atoms with Crippen LogP contribution in [0.2, 0.25) is 0 Å². The van der Waals surface area contributed by atoms with Crippen LogP contribution < -0.4 is 0 Å². The summed E-state index contributed by atoms with van der Waals surface area (Å²) in [6.45, 7) is 2.95. The van der Waals surface area contributed by atoms with Gasteiger partial charge in [0.15, 0.2) is 0 Å². The average molecular weight is 228 g/mol. The normalized spacial score (nSPS) is 10.1. The van der Waals surface area contributed by atoms with E-state index < -0.39 is 0 Å². The van der Waals surface area contributed by atoms with Gasteiger partial charge in [0.25, 0.3) is 0 Å². The largest absolute Gasteiger partial charge is 0.469 e. The van der Waals surface area contributed by atoms with E-state index in [0.717, 1.165) is 26.1 Å². The Bertz CT molecular complexity index is 226. The summed E-state index contributed by atoms with van der Waals surface area (Å²) in [7, 11) is 3.04. The molecule has 0 aromatic rings. The zero-order valence-electron chi connectivity index (χ0n) is 10.1. The van der Waals surface area contributed by atoms with Crippen molar-refractivity contribution in [3.05, 3.63) is 0 Å². The second-order valence-electron chi connectivity index (χ2n) is 3.42. The first kappa shape index (κ1) is 14.9. The molecule has 0 aromatic heterocycles. The predicted octanol–water partition coefficient (Wildman–Crippen LogP) is 0.802. The van der Waals surface area contributed by atoms with Crippen molar-refractivity contribution in [2.75, 3.05) is 40.5 Å². The number of ether oxygens (including phenoxy) is 2. The monoisotopic (exact) mass is 228 g/mol. The van der Waals surface area contributed by atoms with Gasteiger partial charge in [-0.2, -0.15) is 5.26 Å². The number of rotatable bonds is 9. The first-order chi connectivity index (χ1) is 7.74. The van der Waals surface area contributed by atoms with Gasteiger partial charge in [-0.1, -0.05) is 0 Å². The maximum absolute atomic E-state index is 10.9. The average Bonchev–Trinajstić information content (AvgIpc) is 2.31. The summed E-state index contributed by atoms with van der Waals surface area (Å²) < 4.78 is 9.54. The lowest BCUT2D eigenvalue weighted by Gasteiger charge is -2.20. The molecule has 0 spiro atoms. The fourth-order valence-corrected chi connectivity index (χ4v) is 1.31. The van der Waals surface area contributed by atoms with E-state index in [0.29, 0.717) is 19.4 Å². The van der Waals surface area contributed by atoms with Crippen molar-refractivity contribution in [3.63, 3.8) is 0 Å². The van der Waals surface area contributed by atoms with E-state index in [1.807, 2.05) is 0 Å². The Morgan fingerprint density at radius 3 is 2.62 bits per heavy atom. The highest BCUT2D eigenvalue weighted by Crippen LogP contribution is 1.98. The molecule has 0 amide bonds. The molecule has 0 radical (unpaired) electrons. The number of nitrogens with zero attached hydrogens (tertiary/aromatic N) is 2. The Hall–Kier alpha value is -1.12. The van der Waals surface area contributed by atoms with E-state index in [1.165, 1.54) is 7.11 Å². The molecule has 0 aliphatic carbocycles. The Balaban J connectivity index is 3.73. The molecule has 0 saturated heterocycles. The molecule has 0 atom stereocenters. The SMILES string of the molecule is COCCN(CCC#N)CCCC(=O)OC. The van der Waals surface area contributed by atoms with E-state index >= 15 is 0 Å². The standard InChI is InChI=1S/C11H20N2O3/c1-15-10-9-13(8-4-6-12)7-3-5-11(14)16-2/h3-5,7-10H2,1-2H3. The van der Waals surface area contributed by atoms with E-state index in [9.17, 15) is 4.79 Å². The summed E-state index contributed by atoms with van der Waals surface area (Å²) in [6.07, 6.45) is 1.68. The minimum atomic E-state index is -0.188. The molecular formula is C11H20N2O3. The van der Waals surface area contributed by atoms with Crippen LogP contribution in [0.15, 0.2) is 0 Å². The van der Waals surface area contributed by atoms with Gasteiger partial charge in [0.1, 0.15) is 0 Å². The number of esters is 1. The highest BCUT2D eigenvalue weighted by Gasteiger charge is 2.06. The fourth-order valence-electron chi connectivity index (χ4n) is 1.31. The van der Waals surface area contributed by atoms with Crippen LogP contribution in [-0.2, 0) is 14.3 Å². The van der Waals surface area contributed by atoms with Gasteiger partial charge in [-0.05, 0) is 13.0 Å². The Labute approximate surface area is 96.9 Å². The number of hydrogen-bond donors (Lipinski definition) is 0. The number of carbonyl (C=O) groups is 1. The molecule has 5 heteroatoms. The maximum Gasteiger partial charge on any atom is 0.305 e. The van der Waals surface area contributed by atoms with Crippen LogP contribution >= 0.6 is 0 Å². The van der Waals surface area contributed by atoms with Crippen LogP contribution in [0, 0.1) is 11.3 Å². The van der Waals surface area contributed by atoms with Crippen molar-refractivity contribution in [2.45, 2.75) is 19.3 Å². The summed E-state index contributed by atoms with van der Waals surface area (Å²) >= 11 is 0. The topological polar surface area (TPSA) is 62.6 Å². The van der Waals surface area contributed by atoms with Gasteiger partial charge < -0.3 is 14.4 Å². The van der Waals surface area contributed by atoms with Gasteiger partial charge in [-0.15, -0.1) is 0 Å². The second-order valence-corrected chi connectivity index (χ2v) is 3.42. The number of nitriles is 1. The molecule has 0 aliphatic rings. The zero-order chi connectivity index (χ0) is 12.2. The van der Waals surface area contributed by atoms with Crippen LogP contribution in [0.5, 0.6) is 0 Å². The first-order valence-corrected chi connectivity index (χ1v) is 5.39. The first-order valence-electron chi connectivity index (χ1n) is 5.39. The van der Waals surface area contributed by atoms with Crippen LogP contribution in [0.4, 0.5) is 0 Å². The maximum atomic E-state index is 10.9. The summed E-state index contributed by atoms with van der Waals surface area (Å²) in [5, 5.41) is 8.51. The molecule has 0 saturated carbocycles. The summed E-state index contributed by atoms with van der Waals surface area (Å²) in [5.74, 6) is -0.188. The van der Waals surface area contributed by atoms with Gasteiger partial charge in [0, 0.05) is 33.0 Å². The van der Waals surface area contributed by atoms with Crippen molar-refractivity contribution in [3.8, 4) is 6.07 Å². The number of carbonyl (C=O) groups excluding carboxylic acids is 1. The lowest BCUT2D eigenvalue weighted by atomic mass is 10.3.